The summed E-state index contributed by atoms with van der Waals surface area (Å²) in [5.74, 6) is 0.413. The van der Waals surface area contributed by atoms with Crippen LogP contribution in [-0.4, -0.2) is 63.5 Å². The number of piperidine rings is 1. The Morgan fingerprint density at radius 2 is 1.80 bits per heavy atom. The monoisotopic (exact) mass is 456 g/mol. The quantitative estimate of drug-likeness (QED) is 0.677. The number of sulfonamides is 1. The molecule has 1 amide bonds. The van der Waals surface area contributed by atoms with Crippen LogP contribution < -0.4 is 4.31 Å². The molecule has 0 bridgehead atoms. The Labute approximate surface area is 180 Å². The molecule has 2 aliphatic rings. The van der Waals surface area contributed by atoms with Gasteiger partial charge in [-0.25, -0.2) is 16.8 Å². The number of hydrogen-bond acceptors (Lipinski definition) is 5. The maximum absolute atomic E-state index is 12.8. The molecule has 0 aromatic heterocycles. The van der Waals surface area contributed by atoms with Gasteiger partial charge in [0.1, 0.15) is 0 Å². The van der Waals surface area contributed by atoms with Gasteiger partial charge in [0.15, 0.2) is 9.84 Å². The van der Waals surface area contributed by atoms with Crippen LogP contribution in [0.15, 0.2) is 24.3 Å². The van der Waals surface area contributed by atoms with Crippen molar-refractivity contribution in [1.29, 1.82) is 0 Å². The van der Waals surface area contributed by atoms with E-state index in [1.807, 2.05) is 6.07 Å². The number of likely N-dealkylation sites (tertiary alicyclic amines) is 1. The molecule has 7 nitrogen and oxygen atoms in total. The summed E-state index contributed by atoms with van der Waals surface area (Å²) in [7, 11) is -6.41. The minimum atomic E-state index is -3.25. The van der Waals surface area contributed by atoms with E-state index < -0.39 is 24.6 Å². The van der Waals surface area contributed by atoms with Gasteiger partial charge in [0.2, 0.25) is 15.9 Å². The van der Waals surface area contributed by atoms with Gasteiger partial charge in [-0.3, -0.25) is 9.10 Å². The fourth-order valence-electron chi connectivity index (χ4n) is 3.95. The molecule has 30 heavy (non-hydrogen) atoms. The van der Waals surface area contributed by atoms with Crippen LogP contribution in [0.25, 0.3) is 0 Å². The van der Waals surface area contributed by atoms with Crippen molar-refractivity contribution in [2.45, 2.75) is 51.2 Å². The van der Waals surface area contributed by atoms with Crippen molar-refractivity contribution in [2.24, 2.45) is 5.92 Å². The molecule has 9 heteroatoms. The minimum absolute atomic E-state index is 0.00597. The predicted octanol–water partition coefficient (Wildman–Crippen LogP) is 2.22. The van der Waals surface area contributed by atoms with Crippen LogP contribution in [0, 0.1) is 5.92 Å². The predicted molar refractivity (Wildman–Crippen MR) is 119 cm³/mol. The van der Waals surface area contributed by atoms with Gasteiger partial charge in [0, 0.05) is 19.6 Å². The molecule has 1 aromatic carbocycles. The van der Waals surface area contributed by atoms with Crippen molar-refractivity contribution in [3.05, 3.63) is 29.8 Å². The SMILES string of the molecule is CC(C)(C)S(=O)(=O)CC1CCN(C(=O)Cc2cccc(N3CCCS3(=O)=O)c2)CC1. The van der Waals surface area contributed by atoms with Gasteiger partial charge in [-0.1, -0.05) is 12.1 Å². The molecule has 2 heterocycles. The molecule has 0 aliphatic carbocycles. The van der Waals surface area contributed by atoms with Crippen molar-refractivity contribution in [3.63, 3.8) is 0 Å². The summed E-state index contributed by atoms with van der Waals surface area (Å²) in [5, 5.41) is 0. The number of nitrogens with zero attached hydrogens (tertiary/aromatic N) is 2. The average molecular weight is 457 g/mol. The second-order valence-electron chi connectivity index (χ2n) is 9.31. The second kappa shape index (κ2) is 8.49. The maximum Gasteiger partial charge on any atom is 0.235 e. The zero-order valence-corrected chi connectivity index (χ0v) is 19.6. The molecule has 2 saturated heterocycles. The molecule has 0 spiro atoms. The molecule has 0 atom stereocenters. The molecule has 2 aliphatic heterocycles. The van der Waals surface area contributed by atoms with E-state index in [0.29, 0.717) is 44.6 Å². The second-order valence-corrected chi connectivity index (χ2v) is 14.1. The number of rotatable bonds is 5. The highest BCUT2D eigenvalue weighted by atomic mass is 32.2. The first-order chi connectivity index (χ1) is 13.9. The first kappa shape index (κ1) is 23.1. The molecular formula is C21H32N2O5S2. The zero-order chi connectivity index (χ0) is 22.2. The highest BCUT2D eigenvalue weighted by molar-refractivity contribution is 7.93. The number of sulfone groups is 1. The van der Waals surface area contributed by atoms with Crippen molar-refractivity contribution in [2.75, 3.05) is 35.4 Å². The van der Waals surface area contributed by atoms with E-state index in [1.54, 1.807) is 43.9 Å². The van der Waals surface area contributed by atoms with Gasteiger partial charge in [-0.15, -0.1) is 0 Å². The van der Waals surface area contributed by atoms with E-state index in [-0.39, 0.29) is 29.8 Å². The molecule has 0 saturated carbocycles. The number of carbonyl (C=O) groups excluding carboxylic acids is 1. The fraction of sp³-hybridized carbons (Fsp3) is 0.667. The highest BCUT2D eigenvalue weighted by Gasteiger charge is 2.34. The van der Waals surface area contributed by atoms with Gasteiger partial charge in [0.05, 0.1) is 28.4 Å². The largest absolute Gasteiger partial charge is 0.342 e. The summed E-state index contributed by atoms with van der Waals surface area (Å²) < 4.78 is 49.8. The third kappa shape index (κ3) is 5.17. The van der Waals surface area contributed by atoms with Crippen molar-refractivity contribution in [1.82, 2.24) is 4.90 Å². The van der Waals surface area contributed by atoms with Crippen LogP contribution in [0.1, 0.15) is 45.6 Å². The molecule has 168 valence electrons. The van der Waals surface area contributed by atoms with Gasteiger partial charge in [-0.2, -0.15) is 0 Å². The number of anilines is 1. The molecular weight excluding hydrogens is 424 g/mol. The lowest BCUT2D eigenvalue weighted by molar-refractivity contribution is -0.131. The van der Waals surface area contributed by atoms with Crippen LogP contribution in [0.5, 0.6) is 0 Å². The Balaban J connectivity index is 1.57. The summed E-state index contributed by atoms with van der Waals surface area (Å²) in [6, 6.07) is 7.17. The standard InChI is InChI=1S/C21H32N2O5S2/c1-21(2,3)29(25,26)16-17-8-11-22(12-9-17)20(24)15-18-6-4-7-19(14-18)23-10-5-13-30(23,27)28/h4,6-7,14,17H,5,8-13,15-16H2,1-3H3. The lowest BCUT2D eigenvalue weighted by Crippen LogP contribution is -2.42. The van der Waals surface area contributed by atoms with Gasteiger partial charge < -0.3 is 4.90 Å². The summed E-state index contributed by atoms with van der Waals surface area (Å²) in [6.07, 6.45) is 2.21. The average Bonchev–Trinajstić information content (AvgIpc) is 3.00. The Morgan fingerprint density at radius 1 is 1.13 bits per heavy atom. The summed E-state index contributed by atoms with van der Waals surface area (Å²) >= 11 is 0. The van der Waals surface area contributed by atoms with E-state index in [2.05, 4.69) is 0 Å². The zero-order valence-electron chi connectivity index (χ0n) is 18.0. The third-order valence-corrected chi connectivity index (χ3v) is 10.7. The van der Waals surface area contributed by atoms with Gasteiger partial charge in [-0.05, 0) is 63.6 Å². The molecule has 0 unspecified atom stereocenters. The highest BCUT2D eigenvalue weighted by Crippen LogP contribution is 2.27. The minimum Gasteiger partial charge on any atom is -0.342 e. The normalized spacial score (nSPS) is 20.5. The first-order valence-electron chi connectivity index (χ1n) is 10.5. The van der Waals surface area contributed by atoms with E-state index >= 15 is 0 Å². The number of hydrogen-bond donors (Lipinski definition) is 0. The Bertz CT molecular complexity index is 988. The van der Waals surface area contributed by atoms with Crippen molar-refractivity contribution in [3.8, 4) is 0 Å². The van der Waals surface area contributed by atoms with E-state index in [1.165, 1.54) is 4.31 Å². The van der Waals surface area contributed by atoms with Crippen LogP contribution in [0.4, 0.5) is 5.69 Å². The third-order valence-electron chi connectivity index (χ3n) is 6.01. The van der Waals surface area contributed by atoms with Crippen molar-refractivity contribution < 1.29 is 21.6 Å². The molecule has 0 N–H and O–H groups in total. The molecule has 0 radical (unpaired) electrons. The van der Waals surface area contributed by atoms with E-state index in [4.69, 9.17) is 0 Å². The smallest absolute Gasteiger partial charge is 0.235 e. The van der Waals surface area contributed by atoms with Crippen molar-refractivity contribution >= 4 is 31.5 Å². The van der Waals surface area contributed by atoms with E-state index in [0.717, 1.165) is 5.56 Å². The first-order valence-corrected chi connectivity index (χ1v) is 13.7. The topological polar surface area (TPSA) is 91.8 Å². The summed E-state index contributed by atoms with van der Waals surface area (Å²) in [5.41, 5.74) is 1.40. The number of carbonyl (C=O) groups is 1. The lowest BCUT2D eigenvalue weighted by Gasteiger charge is -2.33. The number of benzene rings is 1. The Kier molecular flexibility index (Phi) is 6.53. The maximum atomic E-state index is 12.8. The van der Waals surface area contributed by atoms with Gasteiger partial charge in [0.25, 0.3) is 0 Å². The van der Waals surface area contributed by atoms with Gasteiger partial charge >= 0.3 is 0 Å². The molecule has 2 fully saturated rings. The Morgan fingerprint density at radius 3 is 2.37 bits per heavy atom. The summed E-state index contributed by atoms with van der Waals surface area (Å²) in [6.45, 7) is 6.77. The molecule has 1 aromatic rings. The molecule has 3 rings (SSSR count). The Hall–Kier alpha value is -1.61. The van der Waals surface area contributed by atoms with Crippen LogP contribution in [0.2, 0.25) is 0 Å². The lowest BCUT2D eigenvalue weighted by atomic mass is 9.98. The fourth-order valence-corrected chi connectivity index (χ4v) is 6.96. The summed E-state index contributed by atoms with van der Waals surface area (Å²) in [4.78, 5) is 14.5. The van der Waals surface area contributed by atoms with Crippen LogP contribution in [0.3, 0.4) is 0 Å². The van der Waals surface area contributed by atoms with Crippen LogP contribution >= 0.6 is 0 Å². The van der Waals surface area contributed by atoms with E-state index in [9.17, 15) is 21.6 Å². The van der Waals surface area contributed by atoms with Crippen LogP contribution in [-0.2, 0) is 31.1 Å². The number of amides is 1.